The largest absolute Gasteiger partial charge is 0.399 e. The number of amidine groups is 2. The fourth-order valence-corrected chi connectivity index (χ4v) is 7.05. The summed E-state index contributed by atoms with van der Waals surface area (Å²) in [6.45, 7) is 8.40. The number of benzene rings is 4. The van der Waals surface area contributed by atoms with Gasteiger partial charge in [0.1, 0.15) is 11.7 Å². The molecule has 4 aromatic rings. The molecule has 0 amide bonds. The Morgan fingerprint density at radius 3 is 1.50 bits per heavy atom. The first-order valence-corrected chi connectivity index (χ1v) is 18.9. The van der Waals surface area contributed by atoms with Gasteiger partial charge in [-0.1, -0.05) is 84.9 Å². The molecular formula is C43H59N9. The Kier molecular flexibility index (Phi) is 15.1. The van der Waals surface area contributed by atoms with Crippen LogP contribution in [0.15, 0.2) is 119 Å². The minimum absolute atomic E-state index is 0.591. The predicted octanol–water partition coefficient (Wildman–Crippen LogP) is 6.28. The minimum atomic E-state index is 0.591. The number of likely N-dealkylation sites (tertiary alicyclic amines) is 2. The van der Waals surface area contributed by atoms with Crippen molar-refractivity contribution in [1.29, 1.82) is 0 Å². The Morgan fingerprint density at radius 2 is 1.06 bits per heavy atom. The zero-order valence-electron chi connectivity index (χ0n) is 31.0. The predicted molar refractivity (Wildman–Crippen MR) is 219 cm³/mol. The van der Waals surface area contributed by atoms with Crippen molar-refractivity contribution >= 4 is 23.0 Å². The Morgan fingerprint density at radius 1 is 0.615 bits per heavy atom. The molecule has 0 aromatic heterocycles. The molecule has 8 N–H and O–H groups in total. The summed E-state index contributed by atoms with van der Waals surface area (Å²) in [6, 6.07) is 36.9. The quantitative estimate of drug-likeness (QED) is 0.0423. The molecule has 0 unspecified atom stereocenters. The summed E-state index contributed by atoms with van der Waals surface area (Å²) in [6.07, 6.45) is 7.21. The van der Waals surface area contributed by atoms with E-state index in [1.165, 1.54) is 63.0 Å². The summed E-state index contributed by atoms with van der Waals surface area (Å²) in [4.78, 5) is 14.2. The van der Waals surface area contributed by atoms with E-state index in [1.54, 1.807) is 5.01 Å². The molecule has 0 atom stereocenters. The number of rotatable bonds is 13. The first kappa shape index (κ1) is 38.5. The molecule has 9 nitrogen and oxygen atoms in total. The summed E-state index contributed by atoms with van der Waals surface area (Å²) in [5.41, 5.74) is 24.3. The zero-order valence-corrected chi connectivity index (χ0v) is 31.0. The van der Waals surface area contributed by atoms with Gasteiger partial charge >= 0.3 is 0 Å². The summed E-state index contributed by atoms with van der Waals surface area (Å²) in [5, 5.41) is 1.58. The second kappa shape index (κ2) is 20.4. The minimum Gasteiger partial charge on any atom is -0.399 e. The number of nitrogen functional groups attached to an aromatic ring is 1. The van der Waals surface area contributed by atoms with Gasteiger partial charge in [-0.2, -0.15) is 0 Å². The van der Waals surface area contributed by atoms with E-state index in [4.69, 9.17) is 23.0 Å². The second-order valence-electron chi connectivity index (χ2n) is 14.3. The maximum Gasteiger partial charge on any atom is 0.125 e. The van der Waals surface area contributed by atoms with E-state index in [-0.39, 0.29) is 0 Å². The van der Waals surface area contributed by atoms with E-state index in [0.29, 0.717) is 11.7 Å². The highest BCUT2D eigenvalue weighted by Gasteiger charge is 2.20. The van der Waals surface area contributed by atoms with Crippen LogP contribution < -0.4 is 28.1 Å². The SMILES string of the molecule is CN(N)c1cccc(C(N)=NCCC2CCN(Cc3ccccc3)CC2)c1.NC(=NCCC1CCN(Cc2ccccc2)CC1)c1cccc(N)c1. The molecule has 0 spiro atoms. The van der Waals surface area contributed by atoms with Gasteiger partial charge in [-0.25, -0.2) is 5.84 Å². The van der Waals surface area contributed by atoms with Crippen molar-refractivity contribution < 1.29 is 0 Å². The van der Waals surface area contributed by atoms with Gasteiger partial charge in [-0.3, -0.25) is 19.8 Å². The monoisotopic (exact) mass is 701 g/mol. The molecule has 2 heterocycles. The third-order valence-corrected chi connectivity index (χ3v) is 10.3. The Labute approximate surface area is 311 Å². The van der Waals surface area contributed by atoms with E-state index in [0.717, 1.165) is 73.4 Å². The van der Waals surface area contributed by atoms with Crippen molar-refractivity contribution in [2.75, 3.05) is 57.1 Å². The summed E-state index contributed by atoms with van der Waals surface area (Å²) >= 11 is 0. The highest BCUT2D eigenvalue weighted by atomic mass is 15.4. The lowest BCUT2D eigenvalue weighted by Crippen LogP contribution is -2.33. The van der Waals surface area contributed by atoms with Crippen molar-refractivity contribution in [3.63, 3.8) is 0 Å². The zero-order chi connectivity index (χ0) is 36.5. The maximum atomic E-state index is 6.17. The molecule has 4 aromatic carbocycles. The number of nitrogens with two attached hydrogens (primary N) is 4. The van der Waals surface area contributed by atoms with E-state index in [2.05, 4.69) is 80.4 Å². The summed E-state index contributed by atoms with van der Waals surface area (Å²) < 4.78 is 0. The topological polar surface area (TPSA) is 139 Å². The first-order valence-electron chi connectivity index (χ1n) is 18.9. The average Bonchev–Trinajstić information content (AvgIpc) is 3.17. The standard InChI is InChI=1S/C22H31N5.C21H28N4/c1-26(24)21-9-5-8-20(16-21)22(23)25-13-10-18-11-14-27(15-12-18)17-19-6-3-2-4-7-19;22-20-8-4-7-19(15-20)21(23)24-12-9-17-10-13-25(14-11-17)16-18-5-2-1-3-6-18/h2-9,16,18H,10-15,17,24H2,1H3,(H2,23,25);1-8,15,17H,9-14,16,22H2,(H2,23,24). The molecule has 6 rings (SSSR count). The third kappa shape index (κ3) is 12.8. The lowest BCUT2D eigenvalue weighted by atomic mass is 9.93. The van der Waals surface area contributed by atoms with Crippen molar-refractivity contribution in [2.24, 2.45) is 39.1 Å². The smallest absolute Gasteiger partial charge is 0.125 e. The molecule has 0 saturated carbocycles. The third-order valence-electron chi connectivity index (χ3n) is 10.3. The second-order valence-corrected chi connectivity index (χ2v) is 14.3. The Balaban J connectivity index is 0.000000202. The van der Waals surface area contributed by atoms with E-state index in [1.807, 2.05) is 55.6 Å². The molecule has 276 valence electrons. The van der Waals surface area contributed by atoms with Gasteiger partial charge in [-0.15, -0.1) is 0 Å². The van der Waals surface area contributed by atoms with Crippen LogP contribution in [0.4, 0.5) is 11.4 Å². The van der Waals surface area contributed by atoms with Crippen molar-refractivity contribution in [1.82, 2.24) is 9.80 Å². The molecule has 2 aliphatic heterocycles. The van der Waals surface area contributed by atoms with Gasteiger partial charge in [-0.05, 0) is 112 Å². The van der Waals surface area contributed by atoms with Gasteiger partial charge in [0, 0.05) is 50.0 Å². The van der Waals surface area contributed by atoms with Crippen LogP contribution in [-0.4, -0.2) is 67.8 Å². The van der Waals surface area contributed by atoms with Crippen molar-refractivity contribution in [3.8, 4) is 0 Å². The molecule has 2 fully saturated rings. The number of anilines is 2. The number of piperidine rings is 2. The number of hydrogen-bond donors (Lipinski definition) is 4. The lowest BCUT2D eigenvalue weighted by molar-refractivity contribution is 0.173. The highest BCUT2D eigenvalue weighted by molar-refractivity contribution is 5.98. The number of hydrogen-bond acceptors (Lipinski definition) is 7. The molecule has 52 heavy (non-hydrogen) atoms. The van der Waals surface area contributed by atoms with Crippen LogP contribution in [-0.2, 0) is 13.1 Å². The maximum absolute atomic E-state index is 6.17. The lowest BCUT2D eigenvalue weighted by Gasteiger charge is -2.31. The number of hydrazine groups is 1. The van der Waals surface area contributed by atoms with E-state index in [9.17, 15) is 0 Å². The van der Waals surface area contributed by atoms with Crippen molar-refractivity contribution in [2.45, 2.75) is 51.6 Å². The number of aliphatic imine (C=N–C) groups is 2. The van der Waals surface area contributed by atoms with Crippen LogP contribution in [0.1, 0.15) is 60.8 Å². The number of nitrogens with zero attached hydrogens (tertiary/aromatic N) is 5. The van der Waals surface area contributed by atoms with Crippen LogP contribution in [0.3, 0.4) is 0 Å². The fraction of sp³-hybridized carbons (Fsp3) is 0.395. The van der Waals surface area contributed by atoms with Crippen molar-refractivity contribution in [3.05, 3.63) is 131 Å². The molecule has 0 radical (unpaired) electrons. The summed E-state index contributed by atoms with van der Waals surface area (Å²) in [7, 11) is 1.82. The van der Waals surface area contributed by atoms with Crippen LogP contribution in [0.2, 0.25) is 0 Å². The van der Waals surface area contributed by atoms with E-state index >= 15 is 0 Å². The van der Waals surface area contributed by atoms with Gasteiger partial charge in [0.05, 0.1) is 5.69 Å². The van der Waals surface area contributed by atoms with Gasteiger partial charge in [0.2, 0.25) is 0 Å². The van der Waals surface area contributed by atoms with Crippen LogP contribution >= 0.6 is 0 Å². The highest BCUT2D eigenvalue weighted by Crippen LogP contribution is 2.23. The normalized spacial score (nSPS) is 16.7. The van der Waals surface area contributed by atoms with Gasteiger partial charge in [0.15, 0.2) is 0 Å². The average molecular weight is 702 g/mol. The molecule has 2 saturated heterocycles. The van der Waals surface area contributed by atoms with Crippen LogP contribution in [0, 0.1) is 11.8 Å². The van der Waals surface area contributed by atoms with Crippen LogP contribution in [0.5, 0.6) is 0 Å². The molecule has 9 heteroatoms. The first-order chi connectivity index (χ1) is 25.3. The van der Waals surface area contributed by atoms with E-state index < -0.39 is 0 Å². The van der Waals surface area contributed by atoms with Gasteiger partial charge < -0.3 is 22.2 Å². The molecule has 2 aliphatic rings. The van der Waals surface area contributed by atoms with Gasteiger partial charge in [0.25, 0.3) is 0 Å². The summed E-state index contributed by atoms with van der Waals surface area (Å²) in [5.74, 6) is 8.48. The Hall–Kier alpha value is -4.70. The molecule has 0 bridgehead atoms. The molecule has 0 aliphatic carbocycles. The van der Waals surface area contributed by atoms with Crippen LogP contribution in [0.25, 0.3) is 0 Å². The molecular weight excluding hydrogens is 643 g/mol. The Bertz CT molecular complexity index is 1670. The fourth-order valence-electron chi connectivity index (χ4n) is 7.05.